The van der Waals surface area contributed by atoms with Gasteiger partial charge in [0.25, 0.3) is 0 Å². The van der Waals surface area contributed by atoms with Gasteiger partial charge in [0.1, 0.15) is 0 Å². The van der Waals surface area contributed by atoms with Crippen molar-refractivity contribution in [2.45, 2.75) is 44.6 Å². The number of hydrogen-bond acceptors (Lipinski definition) is 1. The first-order chi connectivity index (χ1) is 7.36. The Hall–Kier alpha value is -0.980. The van der Waals surface area contributed by atoms with Crippen molar-refractivity contribution in [3.63, 3.8) is 0 Å². The van der Waals surface area contributed by atoms with Crippen LogP contribution in [-0.2, 0) is 0 Å². The lowest BCUT2D eigenvalue weighted by Crippen LogP contribution is -2.39. The number of fused-ring (bicyclic) bond motifs is 2. The summed E-state index contributed by atoms with van der Waals surface area (Å²) in [5.41, 5.74) is 2.91. The summed E-state index contributed by atoms with van der Waals surface area (Å²) in [5, 5.41) is 3.73. The Bertz CT molecular complexity index is 358. The number of hydrogen-bond donors (Lipinski definition) is 1. The van der Waals surface area contributed by atoms with Gasteiger partial charge in [-0.15, -0.1) is 0 Å². The first kappa shape index (κ1) is 9.26. The third-order valence-electron chi connectivity index (χ3n) is 4.25. The van der Waals surface area contributed by atoms with Crippen LogP contribution >= 0.6 is 0 Å². The predicted molar refractivity (Wildman–Crippen MR) is 64.2 cm³/mol. The van der Waals surface area contributed by atoms with Gasteiger partial charge < -0.3 is 5.32 Å². The molecule has 0 radical (unpaired) electrons. The molecule has 1 nitrogen and oxygen atoms in total. The molecule has 1 aliphatic heterocycles. The molecule has 1 saturated carbocycles. The molecule has 1 N–H and O–H groups in total. The summed E-state index contributed by atoms with van der Waals surface area (Å²) in [7, 11) is 0. The third kappa shape index (κ3) is 1.45. The standard InChI is InChI=1S/C14H19N/c1-10-11-6-2-4-8-13(11)15-14-9-5-3-7-12(10)14/h2,4,6,8,10,12,14-15H,3,5,7,9H2,1H3/t10-,12-,14+/m0/s1. The Morgan fingerprint density at radius 1 is 1.13 bits per heavy atom. The van der Waals surface area contributed by atoms with Crippen LogP contribution in [0.25, 0.3) is 0 Å². The zero-order chi connectivity index (χ0) is 10.3. The van der Waals surface area contributed by atoms with Gasteiger partial charge in [0.05, 0.1) is 0 Å². The van der Waals surface area contributed by atoms with Crippen LogP contribution in [-0.4, -0.2) is 6.04 Å². The molecule has 15 heavy (non-hydrogen) atoms. The lowest BCUT2D eigenvalue weighted by molar-refractivity contribution is 0.278. The highest BCUT2D eigenvalue weighted by molar-refractivity contribution is 5.56. The number of rotatable bonds is 0. The lowest BCUT2D eigenvalue weighted by atomic mass is 9.72. The first-order valence-electron chi connectivity index (χ1n) is 6.22. The van der Waals surface area contributed by atoms with Crippen molar-refractivity contribution in [1.29, 1.82) is 0 Å². The maximum atomic E-state index is 3.73. The molecule has 1 aromatic carbocycles. The van der Waals surface area contributed by atoms with Gasteiger partial charge in [-0.2, -0.15) is 0 Å². The molecule has 0 saturated heterocycles. The van der Waals surface area contributed by atoms with Gasteiger partial charge >= 0.3 is 0 Å². The molecule has 0 aromatic heterocycles. The first-order valence-corrected chi connectivity index (χ1v) is 6.22. The van der Waals surface area contributed by atoms with Crippen LogP contribution < -0.4 is 5.32 Å². The topological polar surface area (TPSA) is 12.0 Å². The smallest absolute Gasteiger partial charge is 0.0377 e. The number of nitrogens with one attached hydrogen (secondary N) is 1. The van der Waals surface area contributed by atoms with Crippen molar-refractivity contribution in [1.82, 2.24) is 0 Å². The molecule has 0 amide bonds. The van der Waals surface area contributed by atoms with Crippen LogP contribution in [0.2, 0.25) is 0 Å². The fraction of sp³-hybridized carbons (Fsp3) is 0.571. The second-order valence-electron chi connectivity index (χ2n) is 5.08. The van der Waals surface area contributed by atoms with E-state index >= 15 is 0 Å². The van der Waals surface area contributed by atoms with Gasteiger partial charge in [-0.25, -0.2) is 0 Å². The zero-order valence-electron chi connectivity index (χ0n) is 9.37. The van der Waals surface area contributed by atoms with Crippen LogP contribution in [0.4, 0.5) is 5.69 Å². The molecule has 1 heterocycles. The molecule has 0 unspecified atom stereocenters. The third-order valence-corrected chi connectivity index (χ3v) is 4.25. The summed E-state index contributed by atoms with van der Waals surface area (Å²) in [5.74, 6) is 1.61. The van der Waals surface area contributed by atoms with Gasteiger partial charge in [-0.1, -0.05) is 38.0 Å². The number of anilines is 1. The largest absolute Gasteiger partial charge is 0.382 e. The van der Waals surface area contributed by atoms with Crippen molar-refractivity contribution in [2.75, 3.05) is 5.32 Å². The van der Waals surface area contributed by atoms with E-state index in [2.05, 4.69) is 36.5 Å². The fourth-order valence-electron chi connectivity index (χ4n) is 3.39. The summed E-state index contributed by atoms with van der Waals surface area (Å²) in [6.45, 7) is 2.41. The quantitative estimate of drug-likeness (QED) is 0.673. The molecular weight excluding hydrogens is 182 g/mol. The van der Waals surface area contributed by atoms with Crippen LogP contribution in [0.3, 0.4) is 0 Å². The Labute approximate surface area is 91.9 Å². The molecule has 1 aliphatic carbocycles. The molecule has 1 heteroatoms. The maximum absolute atomic E-state index is 3.73. The summed E-state index contributed by atoms with van der Waals surface area (Å²) >= 11 is 0. The van der Waals surface area contributed by atoms with E-state index < -0.39 is 0 Å². The summed E-state index contributed by atoms with van der Waals surface area (Å²) < 4.78 is 0. The highest BCUT2D eigenvalue weighted by atomic mass is 14.9. The Morgan fingerprint density at radius 3 is 2.87 bits per heavy atom. The van der Waals surface area contributed by atoms with Gasteiger partial charge in [-0.05, 0) is 36.3 Å². The molecule has 3 rings (SSSR count). The summed E-state index contributed by atoms with van der Waals surface area (Å²) in [4.78, 5) is 0. The van der Waals surface area contributed by atoms with Crippen molar-refractivity contribution >= 4 is 5.69 Å². The van der Waals surface area contributed by atoms with E-state index in [1.54, 1.807) is 0 Å². The minimum atomic E-state index is 0.739. The van der Waals surface area contributed by atoms with Gasteiger partial charge in [0.15, 0.2) is 0 Å². The molecule has 1 aromatic rings. The van der Waals surface area contributed by atoms with E-state index in [1.165, 1.54) is 36.9 Å². The second-order valence-corrected chi connectivity index (χ2v) is 5.08. The monoisotopic (exact) mass is 201 g/mol. The molecule has 0 bridgehead atoms. The van der Waals surface area contributed by atoms with Crippen LogP contribution in [0.5, 0.6) is 0 Å². The lowest BCUT2D eigenvalue weighted by Gasteiger charge is -2.42. The van der Waals surface area contributed by atoms with E-state index in [0.29, 0.717) is 0 Å². The fourth-order valence-corrected chi connectivity index (χ4v) is 3.39. The molecule has 80 valence electrons. The highest BCUT2D eigenvalue weighted by Gasteiger charge is 2.34. The summed E-state index contributed by atoms with van der Waals surface area (Å²) in [6, 6.07) is 9.57. The Balaban J connectivity index is 1.98. The van der Waals surface area contributed by atoms with E-state index in [9.17, 15) is 0 Å². The molecule has 0 spiro atoms. The molecular formula is C14H19N. The highest BCUT2D eigenvalue weighted by Crippen LogP contribution is 2.43. The summed E-state index contributed by atoms with van der Waals surface area (Å²) in [6.07, 6.45) is 5.61. The molecule has 2 aliphatic rings. The van der Waals surface area contributed by atoms with Gasteiger partial charge in [-0.3, -0.25) is 0 Å². The van der Waals surface area contributed by atoms with Crippen molar-refractivity contribution in [3.05, 3.63) is 29.8 Å². The molecule has 3 atom stereocenters. The Morgan fingerprint density at radius 2 is 1.93 bits per heavy atom. The van der Waals surface area contributed by atoms with Crippen molar-refractivity contribution < 1.29 is 0 Å². The normalized spacial score (nSPS) is 33.8. The Kier molecular flexibility index (Phi) is 2.19. The number of benzene rings is 1. The van der Waals surface area contributed by atoms with Crippen LogP contribution in [0.1, 0.15) is 44.1 Å². The maximum Gasteiger partial charge on any atom is 0.0377 e. The van der Waals surface area contributed by atoms with Gasteiger partial charge in [0, 0.05) is 11.7 Å². The van der Waals surface area contributed by atoms with E-state index in [0.717, 1.165) is 17.9 Å². The predicted octanol–water partition coefficient (Wildman–Crippen LogP) is 3.77. The zero-order valence-corrected chi connectivity index (χ0v) is 9.37. The molecule has 1 fully saturated rings. The SMILES string of the molecule is C[C@H]1c2ccccc2N[C@@H]2CCCC[C@H]21. The minimum Gasteiger partial charge on any atom is -0.382 e. The van der Waals surface area contributed by atoms with E-state index in [1.807, 2.05) is 0 Å². The van der Waals surface area contributed by atoms with E-state index in [4.69, 9.17) is 0 Å². The number of para-hydroxylation sites is 1. The van der Waals surface area contributed by atoms with Crippen LogP contribution in [0.15, 0.2) is 24.3 Å². The average molecular weight is 201 g/mol. The average Bonchev–Trinajstić information content (AvgIpc) is 2.30. The van der Waals surface area contributed by atoms with Crippen LogP contribution in [0, 0.1) is 5.92 Å². The second kappa shape index (κ2) is 3.55. The van der Waals surface area contributed by atoms with Crippen molar-refractivity contribution in [3.8, 4) is 0 Å². The minimum absolute atomic E-state index is 0.739. The van der Waals surface area contributed by atoms with Gasteiger partial charge in [0.2, 0.25) is 0 Å². The van der Waals surface area contributed by atoms with Crippen molar-refractivity contribution in [2.24, 2.45) is 5.92 Å². The van der Waals surface area contributed by atoms with E-state index in [-0.39, 0.29) is 0 Å².